The summed E-state index contributed by atoms with van der Waals surface area (Å²) in [5, 5.41) is 0. The Balaban J connectivity index is 0.000000364. The van der Waals surface area contributed by atoms with Gasteiger partial charge < -0.3 is 0 Å². The molecule has 0 aliphatic rings. The molecule has 0 spiro atoms. The van der Waals surface area contributed by atoms with Crippen LogP contribution in [0.15, 0.2) is 35.2 Å². The monoisotopic (exact) mass is 210 g/mol. The second-order valence-electron chi connectivity index (χ2n) is 3.16. The van der Waals surface area contributed by atoms with E-state index in [1.165, 1.54) is 29.9 Å². The minimum absolute atomic E-state index is 1.23. The van der Waals surface area contributed by atoms with Gasteiger partial charge in [0.05, 0.1) is 0 Å². The van der Waals surface area contributed by atoms with Crippen molar-refractivity contribution < 1.29 is 0 Å². The average Bonchev–Trinajstić information content (AvgIpc) is 2.28. The summed E-state index contributed by atoms with van der Waals surface area (Å²) in [6, 6.07) is 10.5. The average molecular weight is 210 g/mol. The molecule has 0 aromatic heterocycles. The summed E-state index contributed by atoms with van der Waals surface area (Å²) < 4.78 is 0. The van der Waals surface area contributed by atoms with E-state index in [1.54, 1.807) is 0 Å². The lowest BCUT2D eigenvalue weighted by Gasteiger charge is -1.96. The molecule has 0 N–H and O–H groups in total. The van der Waals surface area contributed by atoms with Gasteiger partial charge in [0.25, 0.3) is 0 Å². The third-order valence-electron chi connectivity index (χ3n) is 1.72. The highest BCUT2D eigenvalue weighted by molar-refractivity contribution is 7.99. The number of unbranched alkanes of at least 4 members (excludes halogenated alkanes) is 1. The summed E-state index contributed by atoms with van der Waals surface area (Å²) in [4.78, 5) is 1.38. The van der Waals surface area contributed by atoms with Gasteiger partial charge in [0.1, 0.15) is 0 Å². The van der Waals surface area contributed by atoms with E-state index in [0.29, 0.717) is 0 Å². The van der Waals surface area contributed by atoms with Gasteiger partial charge in [-0.3, -0.25) is 0 Å². The highest BCUT2D eigenvalue weighted by atomic mass is 32.2. The van der Waals surface area contributed by atoms with Gasteiger partial charge in [0.15, 0.2) is 0 Å². The van der Waals surface area contributed by atoms with Gasteiger partial charge in [-0.2, -0.15) is 0 Å². The quantitative estimate of drug-likeness (QED) is 0.630. The lowest BCUT2D eigenvalue weighted by atomic mass is 10.4. The molecule has 0 bridgehead atoms. The molecule has 80 valence electrons. The van der Waals surface area contributed by atoms with E-state index >= 15 is 0 Å². The standard InChI is InChI=1S/C9H12S.C4H10/c1-2-8-10-9-6-4-3-5-7-9;1-3-4-2/h3-7H,2,8H2,1H3;3-4H2,1-2H3. The van der Waals surface area contributed by atoms with Crippen molar-refractivity contribution in [3.63, 3.8) is 0 Å². The first-order valence-corrected chi connectivity index (χ1v) is 6.51. The summed E-state index contributed by atoms with van der Waals surface area (Å²) in [6.07, 6.45) is 3.89. The van der Waals surface area contributed by atoms with Gasteiger partial charge in [-0.1, -0.05) is 51.8 Å². The van der Waals surface area contributed by atoms with Gasteiger partial charge in [0.2, 0.25) is 0 Å². The highest BCUT2D eigenvalue weighted by Gasteiger charge is 1.87. The molecule has 1 rings (SSSR count). The van der Waals surface area contributed by atoms with Crippen LogP contribution in [0.2, 0.25) is 0 Å². The zero-order valence-electron chi connectivity index (χ0n) is 9.62. The number of rotatable bonds is 4. The molecule has 14 heavy (non-hydrogen) atoms. The van der Waals surface area contributed by atoms with Crippen LogP contribution in [0.4, 0.5) is 0 Å². The largest absolute Gasteiger partial charge is 0.126 e. The molecule has 1 aromatic rings. The fourth-order valence-corrected chi connectivity index (χ4v) is 1.53. The smallest absolute Gasteiger partial charge is 0.00719 e. The van der Waals surface area contributed by atoms with Crippen LogP contribution >= 0.6 is 11.8 Å². The Labute approximate surface area is 93.1 Å². The maximum Gasteiger partial charge on any atom is 0.00719 e. The summed E-state index contributed by atoms with van der Waals surface area (Å²) in [6.45, 7) is 6.57. The lowest BCUT2D eigenvalue weighted by Crippen LogP contribution is -1.73. The van der Waals surface area contributed by atoms with Gasteiger partial charge in [-0.15, -0.1) is 11.8 Å². The molecule has 0 saturated carbocycles. The fourth-order valence-electron chi connectivity index (χ4n) is 0.737. The Morgan fingerprint density at radius 1 is 0.857 bits per heavy atom. The van der Waals surface area contributed by atoms with Crippen LogP contribution in [0.1, 0.15) is 40.0 Å². The Morgan fingerprint density at radius 3 is 1.86 bits per heavy atom. The molecule has 0 aliphatic heterocycles. The first-order chi connectivity index (χ1) is 6.85. The summed E-state index contributed by atoms with van der Waals surface area (Å²) in [5.74, 6) is 1.23. The zero-order valence-corrected chi connectivity index (χ0v) is 10.4. The predicted molar refractivity (Wildman–Crippen MR) is 68.0 cm³/mol. The van der Waals surface area contributed by atoms with Crippen molar-refractivity contribution in [3.05, 3.63) is 30.3 Å². The van der Waals surface area contributed by atoms with Gasteiger partial charge in [0, 0.05) is 4.90 Å². The maximum atomic E-state index is 2.20. The summed E-state index contributed by atoms with van der Waals surface area (Å²) in [5.41, 5.74) is 0. The van der Waals surface area contributed by atoms with Crippen LogP contribution in [0.3, 0.4) is 0 Å². The molecule has 0 amide bonds. The van der Waals surface area contributed by atoms with Crippen LogP contribution < -0.4 is 0 Å². The summed E-state index contributed by atoms with van der Waals surface area (Å²) in [7, 11) is 0. The van der Waals surface area contributed by atoms with E-state index in [2.05, 4.69) is 51.1 Å². The molecule has 0 heterocycles. The molecule has 0 radical (unpaired) electrons. The topological polar surface area (TPSA) is 0 Å². The van der Waals surface area contributed by atoms with E-state index in [1.807, 2.05) is 11.8 Å². The Morgan fingerprint density at radius 2 is 1.43 bits per heavy atom. The molecular formula is C13H22S. The van der Waals surface area contributed by atoms with E-state index in [9.17, 15) is 0 Å². The van der Waals surface area contributed by atoms with Gasteiger partial charge in [-0.25, -0.2) is 0 Å². The van der Waals surface area contributed by atoms with Gasteiger partial charge in [-0.05, 0) is 24.3 Å². The van der Waals surface area contributed by atoms with Crippen LogP contribution in [0.25, 0.3) is 0 Å². The molecule has 0 fully saturated rings. The fraction of sp³-hybridized carbons (Fsp3) is 0.538. The van der Waals surface area contributed by atoms with Crippen molar-refractivity contribution in [1.82, 2.24) is 0 Å². The van der Waals surface area contributed by atoms with E-state index < -0.39 is 0 Å². The van der Waals surface area contributed by atoms with Crippen LogP contribution in [-0.2, 0) is 0 Å². The normalized spacial score (nSPS) is 9.07. The lowest BCUT2D eigenvalue weighted by molar-refractivity contribution is 0.886. The van der Waals surface area contributed by atoms with Crippen molar-refractivity contribution in [2.45, 2.75) is 44.9 Å². The minimum atomic E-state index is 1.23. The Hall–Kier alpha value is -0.430. The number of thioether (sulfide) groups is 1. The number of benzene rings is 1. The molecule has 0 aliphatic carbocycles. The molecule has 1 heteroatoms. The molecule has 0 unspecified atom stereocenters. The molecular weight excluding hydrogens is 188 g/mol. The third kappa shape index (κ3) is 8.18. The van der Waals surface area contributed by atoms with E-state index in [-0.39, 0.29) is 0 Å². The van der Waals surface area contributed by atoms with Crippen molar-refractivity contribution in [2.75, 3.05) is 5.75 Å². The first kappa shape index (κ1) is 13.6. The molecule has 0 nitrogen and oxygen atoms in total. The third-order valence-corrected chi connectivity index (χ3v) is 2.93. The Bertz CT molecular complexity index is 192. The molecule has 0 saturated heterocycles. The van der Waals surface area contributed by atoms with E-state index in [0.717, 1.165) is 0 Å². The van der Waals surface area contributed by atoms with Gasteiger partial charge >= 0.3 is 0 Å². The van der Waals surface area contributed by atoms with Crippen molar-refractivity contribution in [3.8, 4) is 0 Å². The Kier molecular flexibility index (Phi) is 10.3. The predicted octanol–water partition coefficient (Wildman–Crippen LogP) is 5.00. The van der Waals surface area contributed by atoms with Crippen LogP contribution in [-0.4, -0.2) is 5.75 Å². The second kappa shape index (κ2) is 10.6. The second-order valence-corrected chi connectivity index (χ2v) is 4.33. The summed E-state index contributed by atoms with van der Waals surface area (Å²) >= 11 is 1.92. The highest BCUT2D eigenvalue weighted by Crippen LogP contribution is 2.16. The first-order valence-electron chi connectivity index (χ1n) is 5.52. The van der Waals surface area contributed by atoms with Crippen molar-refractivity contribution in [2.24, 2.45) is 0 Å². The van der Waals surface area contributed by atoms with Crippen LogP contribution in [0.5, 0.6) is 0 Å². The van der Waals surface area contributed by atoms with Crippen LogP contribution in [0, 0.1) is 0 Å². The number of hydrogen-bond acceptors (Lipinski definition) is 1. The van der Waals surface area contributed by atoms with Crippen molar-refractivity contribution >= 4 is 11.8 Å². The molecule has 0 atom stereocenters. The SMILES string of the molecule is CCCC.CCCSc1ccccc1. The minimum Gasteiger partial charge on any atom is -0.126 e. The van der Waals surface area contributed by atoms with E-state index in [4.69, 9.17) is 0 Å². The number of hydrogen-bond donors (Lipinski definition) is 0. The van der Waals surface area contributed by atoms with Crippen molar-refractivity contribution in [1.29, 1.82) is 0 Å². The molecule has 1 aromatic carbocycles. The maximum absolute atomic E-state index is 2.20. The zero-order chi connectivity index (χ0) is 10.6.